The Morgan fingerprint density at radius 1 is 1.10 bits per heavy atom. The topological polar surface area (TPSA) is 73.7 Å². The first kappa shape index (κ1) is 22.0. The molecule has 31 heavy (non-hydrogen) atoms. The summed E-state index contributed by atoms with van der Waals surface area (Å²) in [4.78, 5) is 6.51. The zero-order valence-electron chi connectivity index (χ0n) is 17.8. The highest BCUT2D eigenvalue weighted by Gasteiger charge is 2.49. The van der Waals surface area contributed by atoms with Gasteiger partial charge in [0, 0.05) is 42.9 Å². The van der Waals surface area contributed by atoms with E-state index in [9.17, 15) is 13.5 Å². The fourth-order valence-electron chi connectivity index (χ4n) is 4.71. The molecule has 4 rings (SSSR count). The Balaban J connectivity index is 1.55. The number of aromatic nitrogens is 1. The number of rotatable bonds is 4. The molecular formula is C24H29N3O3S. The van der Waals surface area contributed by atoms with E-state index in [4.69, 9.17) is 0 Å². The van der Waals surface area contributed by atoms with Gasteiger partial charge in [-0.3, -0.25) is 4.90 Å². The molecule has 0 spiro atoms. The number of aliphatic hydroxyl groups excluding tert-OH is 1. The van der Waals surface area contributed by atoms with Crippen LogP contribution in [0, 0.1) is 11.8 Å². The Morgan fingerprint density at radius 2 is 1.87 bits per heavy atom. The van der Waals surface area contributed by atoms with E-state index in [1.54, 1.807) is 17.4 Å². The molecule has 1 aromatic carbocycles. The predicted molar refractivity (Wildman–Crippen MR) is 121 cm³/mol. The zero-order valence-corrected chi connectivity index (χ0v) is 18.6. The summed E-state index contributed by atoms with van der Waals surface area (Å²) in [6.45, 7) is 3.74. The van der Waals surface area contributed by atoms with Crippen LogP contribution >= 0.6 is 0 Å². The van der Waals surface area contributed by atoms with E-state index in [2.05, 4.69) is 33.9 Å². The van der Waals surface area contributed by atoms with Gasteiger partial charge >= 0.3 is 0 Å². The summed E-state index contributed by atoms with van der Waals surface area (Å²) in [7, 11) is -3.23. The van der Waals surface area contributed by atoms with E-state index in [-0.39, 0.29) is 30.4 Å². The molecule has 1 N–H and O–H groups in total. The minimum atomic E-state index is -3.23. The lowest BCUT2D eigenvalue weighted by atomic mass is 9.74. The SMILES string of the molecule is CCS(=O)(=O)N1CCCCN2[C@H](CO)[C@@H](c3ccc(C#Cc4ccccn4)cc3)[C@@H]2C1. The van der Waals surface area contributed by atoms with E-state index < -0.39 is 10.0 Å². The highest BCUT2D eigenvalue weighted by atomic mass is 32.2. The molecule has 2 saturated heterocycles. The quantitative estimate of drug-likeness (QED) is 0.739. The number of sulfonamides is 1. The van der Waals surface area contributed by atoms with Crippen molar-refractivity contribution in [2.45, 2.75) is 37.8 Å². The number of benzene rings is 1. The molecule has 0 aliphatic carbocycles. The van der Waals surface area contributed by atoms with Gasteiger partial charge in [-0.2, -0.15) is 0 Å². The molecule has 0 saturated carbocycles. The highest BCUT2D eigenvalue weighted by Crippen LogP contribution is 2.42. The van der Waals surface area contributed by atoms with Crippen LogP contribution in [0.25, 0.3) is 0 Å². The third-order valence-corrected chi connectivity index (χ3v) is 8.23. The summed E-state index contributed by atoms with van der Waals surface area (Å²) in [5, 5.41) is 10.1. The Kier molecular flexibility index (Phi) is 6.73. The zero-order chi connectivity index (χ0) is 21.8. The van der Waals surface area contributed by atoms with Gasteiger partial charge in [0.15, 0.2) is 0 Å². The number of aliphatic hydroxyl groups is 1. The first-order valence-electron chi connectivity index (χ1n) is 10.9. The van der Waals surface area contributed by atoms with Crippen LogP contribution in [0.2, 0.25) is 0 Å². The van der Waals surface area contributed by atoms with Crippen LogP contribution in [0.15, 0.2) is 48.7 Å². The Hall–Kier alpha value is -2.24. The molecule has 2 fully saturated rings. The van der Waals surface area contributed by atoms with Crippen LogP contribution in [-0.2, 0) is 10.0 Å². The fraction of sp³-hybridized carbons (Fsp3) is 0.458. The minimum Gasteiger partial charge on any atom is -0.395 e. The van der Waals surface area contributed by atoms with Gasteiger partial charge < -0.3 is 5.11 Å². The van der Waals surface area contributed by atoms with Gasteiger partial charge in [-0.05, 0) is 62.1 Å². The van der Waals surface area contributed by atoms with Crippen molar-refractivity contribution in [1.82, 2.24) is 14.2 Å². The molecule has 0 radical (unpaired) electrons. The van der Waals surface area contributed by atoms with Gasteiger partial charge in [-0.25, -0.2) is 17.7 Å². The second-order valence-corrected chi connectivity index (χ2v) is 10.4. The summed E-state index contributed by atoms with van der Waals surface area (Å²) in [6, 6.07) is 13.9. The summed E-state index contributed by atoms with van der Waals surface area (Å²) >= 11 is 0. The molecule has 3 atom stereocenters. The molecule has 0 bridgehead atoms. The molecule has 3 heterocycles. The van der Waals surface area contributed by atoms with E-state index >= 15 is 0 Å². The molecule has 164 valence electrons. The maximum Gasteiger partial charge on any atom is 0.213 e. The monoisotopic (exact) mass is 439 g/mol. The maximum atomic E-state index is 12.6. The summed E-state index contributed by atoms with van der Waals surface area (Å²) in [5.74, 6) is 6.43. The fourth-order valence-corrected chi connectivity index (χ4v) is 5.86. The smallest absolute Gasteiger partial charge is 0.213 e. The van der Waals surface area contributed by atoms with Crippen LogP contribution < -0.4 is 0 Å². The molecule has 2 aliphatic heterocycles. The van der Waals surface area contributed by atoms with E-state index in [0.29, 0.717) is 13.1 Å². The van der Waals surface area contributed by atoms with E-state index in [1.807, 2.05) is 30.3 Å². The lowest BCUT2D eigenvalue weighted by molar-refractivity contribution is -0.0553. The van der Waals surface area contributed by atoms with Crippen molar-refractivity contribution in [2.75, 3.05) is 32.0 Å². The maximum absolute atomic E-state index is 12.6. The van der Waals surface area contributed by atoms with Crippen molar-refractivity contribution in [1.29, 1.82) is 0 Å². The number of hydrogen-bond acceptors (Lipinski definition) is 5. The van der Waals surface area contributed by atoms with Crippen LogP contribution in [0.1, 0.15) is 42.5 Å². The lowest BCUT2D eigenvalue weighted by Crippen LogP contribution is -2.67. The second kappa shape index (κ2) is 9.49. The van der Waals surface area contributed by atoms with Crippen molar-refractivity contribution >= 4 is 10.0 Å². The average molecular weight is 440 g/mol. The van der Waals surface area contributed by atoms with Gasteiger partial charge in [0.25, 0.3) is 0 Å². The van der Waals surface area contributed by atoms with Gasteiger partial charge in [0.2, 0.25) is 10.0 Å². The molecule has 2 aromatic rings. The van der Waals surface area contributed by atoms with Crippen molar-refractivity contribution in [3.8, 4) is 11.8 Å². The number of hydrogen-bond donors (Lipinski definition) is 1. The first-order chi connectivity index (χ1) is 15.0. The van der Waals surface area contributed by atoms with Gasteiger partial charge in [-0.1, -0.05) is 24.1 Å². The molecule has 0 unspecified atom stereocenters. The molecular weight excluding hydrogens is 410 g/mol. The van der Waals surface area contributed by atoms with Gasteiger partial charge in [-0.15, -0.1) is 0 Å². The van der Waals surface area contributed by atoms with Gasteiger partial charge in [0.05, 0.1) is 12.4 Å². The third kappa shape index (κ3) is 4.68. The van der Waals surface area contributed by atoms with E-state index in [0.717, 1.165) is 36.2 Å². The number of nitrogens with zero attached hydrogens (tertiary/aromatic N) is 3. The lowest BCUT2D eigenvalue weighted by Gasteiger charge is -2.57. The highest BCUT2D eigenvalue weighted by molar-refractivity contribution is 7.89. The minimum absolute atomic E-state index is 0.0275. The molecule has 1 aromatic heterocycles. The first-order valence-corrected chi connectivity index (χ1v) is 12.5. The third-order valence-electron chi connectivity index (χ3n) is 6.39. The molecule has 6 nitrogen and oxygen atoms in total. The molecule has 2 aliphatic rings. The average Bonchev–Trinajstić information content (AvgIpc) is 2.78. The standard InChI is InChI=1S/C24H29N3O3S/c1-2-31(29,30)26-15-5-6-16-27-22(17-26)24(23(27)18-28)20-11-8-19(9-12-20)10-13-21-7-3-4-14-25-21/h3-4,7-9,11-12,14,22-24,28H,2,5-6,15-18H2,1H3/t22-,23+,24-/m0/s1. The van der Waals surface area contributed by atoms with Gasteiger partial charge in [0.1, 0.15) is 5.69 Å². The van der Waals surface area contributed by atoms with E-state index in [1.165, 1.54) is 0 Å². The molecule has 0 amide bonds. The summed E-state index contributed by atoms with van der Waals surface area (Å²) in [5.41, 5.74) is 2.75. The number of fused-ring (bicyclic) bond motifs is 1. The Bertz CT molecular complexity index is 1040. The normalized spacial score (nSPS) is 24.8. The van der Waals surface area contributed by atoms with Crippen LogP contribution in [0.3, 0.4) is 0 Å². The van der Waals surface area contributed by atoms with Crippen LogP contribution in [0.5, 0.6) is 0 Å². The second-order valence-electron chi connectivity index (χ2n) is 8.13. The van der Waals surface area contributed by atoms with Crippen LogP contribution in [-0.4, -0.2) is 71.8 Å². The summed E-state index contributed by atoms with van der Waals surface area (Å²) < 4.78 is 26.8. The van der Waals surface area contributed by atoms with Crippen LogP contribution in [0.4, 0.5) is 0 Å². The molecule has 7 heteroatoms. The predicted octanol–water partition coefficient (Wildman–Crippen LogP) is 2.06. The Morgan fingerprint density at radius 3 is 2.55 bits per heavy atom. The van der Waals surface area contributed by atoms with Crippen molar-refractivity contribution in [3.63, 3.8) is 0 Å². The Labute approximate surface area is 185 Å². The summed E-state index contributed by atoms with van der Waals surface area (Å²) in [6.07, 6.45) is 3.52. The van der Waals surface area contributed by atoms with Crippen molar-refractivity contribution < 1.29 is 13.5 Å². The number of pyridine rings is 1. The largest absolute Gasteiger partial charge is 0.395 e. The van der Waals surface area contributed by atoms with Crippen molar-refractivity contribution in [2.24, 2.45) is 0 Å². The van der Waals surface area contributed by atoms with Crippen molar-refractivity contribution in [3.05, 3.63) is 65.5 Å².